The van der Waals surface area contributed by atoms with Crippen molar-refractivity contribution in [2.45, 2.75) is 45.9 Å². The average Bonchev–Trinajstić information content (AvgIpc) is 2.25. The van der Waals surface area contributed by atoms with Crippen molar-refractivity contribution in [1.82, 2.24) is 5.32 Å². The highest BCUT2D eigenvalue weighted by Crippen LogP contribution is 2.17. The van der Waals surface area contributed by atoms with Crippen molar-refractivity contribution < 1.29 is 14.2 Å². The molecule has 0 saturated heterocycles. The van der Waals surface area contributed by atoms with Crippen molar-refractivity contribution in [3.8, 4) is 5.75 Å². The highest BCUT2D eigenvalue weighted by molar-refractivity contribution is 5.29. The molecule has 3 nitrogen and oxygen atoms in total. The number of aliphatic hydroxyl groups excluding tert-OH is 1. The molecular formula is C14H22FNO2. The maximum atomic E-state index is 13.4. The van der Waals surface area contributed by atoms with Crippen LogP contribution in [0.2, 0.25) is 0 Å². The second-order valence-electron chi connectivity index (χ2n) is 4.82. The molecule has 0 bridgehead atoms. The molecule has 0 aliphatic rings. The van der Waals surface area contributed by atoms with Gasteiger partial charge in [-0.2, -0.15) is 0 Å². The van der Waals surface area contributed by atoms with Gasteiger partial charge in [-0.05, 0) is 24.6 Å². The Bertz CT molecular complexity index is 367. The van der Waals surface area contributed by atoms with Gasteiger partial charge in [0, 0.05) is 25.1 Å². The molecule has 0 aromatic heterocycles. The van der Waals surface area contributed by atoms with Crippen LogP contribution in [0.3, 0.4) is 0 Å². The highest BCUT2D eigenvalue weighted by Gasteiger charge is 2.04. The lowest BCUT2D eigenvalue weighted by molar-refractivity contribution is 0.155. The standard InChI is InChI=1S/C14H22FNO2/c1-10(2)16-9-12-6-13(15)8-14(7-12)18-5-4-11(3)17/h6-8,10-11,16-17H,4-5,9H2,1-3H3. The number of nitrogens with one attached hydrogen (secondary N) is 1. The van der Waals surface area contributed by atoms with Gasteiger partial charge >= 0.3 is 0 Å². The van der Waals surface area contributed by atoms with Crippen LogP contribution in [0.4, 0.5) is 4.39 Å². The number of hydrogen-bond acceptors (Lipinski definition) is 3. The lowest BCUT2D eigenvalue weighted by atomic mass is 10.2. The summed E-state index contributed by atoms with van der Waals surface area (Å²) in [6.07, 6.45) is 0.136. The molecule has 1 rings (SSSR count). The second-order valence-corrected chi connectivity index (χ2v) is 4.82. The molecule has 1 atom stereocenters. The topological polar surface area (TPSA) is 41.5 Å². The third-order valence-electron chi connectivity index (χ3n) is 2.45. The Morgan fingerprint density at radius 2 is 2.00 bits per heavy atom. The van der Waals surface area contributed by atoms with Gasteiger partial charge in [-0.15, -0.1) is 0 Å². The van der Waals surface area contributed by atoms with E-state index in [2.05, 4.69) is 5.32 Å². The van der Waals surface area contributed by atoms with Crippen LogP contribution in [0.15, 0.2) is 18.2 Å². The molecule has 0 amide bonds. The summed E-state index contributed by atoms with van der Waals surface area (Å²) in [6.45, 7) is 6.78. The zero-order valence-electron chi connectivity index (χ0n) is 11.2. The highest BCUT2D eigenvalue weighted by atomic mass is 19.1. The molecule has 0 fully saturated rings. The van der Waals surface area contributed by atoms with E-state index in [1.54, 1.807) is 6.92 Å². The Labute approximate surface area is 108 Å². The second kappa shape index (κ2) is 7.34. The number of benzene rings is 1. The molecule has 1 aromatic rings. The maximum absolute atomic E-state index is 13.4. The molecule has 102 valence electrons. The first kappa shape index (κ1) is 14.9. The minimum atomic E-state index is -0.402. The van der Waals surface area contributed by atoms with Gasteiger partial charge in [0.25, 0.3) is 0 Å². The summed E-state index contributed by atoms with van der Waals surface area (Å²) < 4.78 is 18.8. The largest absolute Gasteiger partial charge is 0.493 e. The minimum Gasteiger partial charge on any atom is -0.493 e. The quantitative estimate of drug-likeness (QED) is 0.786. The van der Waals surface area contributed by atoms with E-state index in [1.165, 1.54) is 12.1 Å². The molecule has 18 heavy (non-hydrogen) atoms. The van der Waals surface area contributed by atoms with Gasteiger partial charge in [0.2, 0.25) is 0 Å². The number of hydrogen-bond donors (Lipinski definition) is 2. The van der Waals surface area contributed by atoms with Crippen LogP contribution in [-0.2, 0) is 6.54 Å². The van der Waals surface area contributed by atoms with Gasteiger partial charge in [-0.1, -0.05) is 13.8 Å². The zero-order valence-corrected chi connectivity index (χ0v) is 11.2. The SMILES string of the molecule is CC(O)CCOc1cc(F)cc(CNC(C)C)c1. The first-order valence-electron chi connectivity index (χ1n) is 6.31. The van der Waals surface area contributed by atoms with E-state index < -0.39 is 6.10 Å². The summed E-state index contributed by atoms with van der Waals surface area (Å²) in [4.78, 5) is 0. The Morgan fingerprint density at radius 1 is 1.28 bits per heavy atom. The molecular weight excluding hydrogens is 233 g/mol. The van der Waals surface area contributed by atoms with Crippen molar-refractivity contribution >= 4 is 0 Å². The van der Waals surface area contributed by atoms with Crippen LogP contribution in [0, 0.1) is 5.82 Å². The predicted octanol–water partition coefficient (Wildman–Crippen LogP) is 2.47. The van der Waals surface area contributed by atoms with Crippen molar-refractivity contribution in [3.63, 3.8) is 0 Å². The summed E-state index contributed by atoms with van der Waals surface area (Å²) in [5, 5.41) is 12.3. The van der Waals surface area contributed by atoms with Gasteiger partial charge in [-0.3, -0.25) is 0 Å². The Hall–Kier alpha value is -1.13. The van der Waals surface area contributed by atoms with Crippen molar-refractivity contribution in [3.05, 3.63) is 29.6 Å². The van der Waals surface area contributed by atoms with Crippen LogP contribution in [0.1, 0.15) is 32.8 Å². The number of halogens is 1. The monoisotopic (exact) mass is 255 g/mol. The van der Waals surface area contributed by atoms with Crippen LogP contribution >= 0.6 is 0 Å². The van der Waals surface area contributed by atoms with Crippen LogP contribution in [-0.4, -0.2) is 23.9 Å². The third kappa shape index (κ3) is 5.98. The van der Waals surface area contributed by atoms with Crippen LogP contribution in [0.5, 0.6) is 5.75 Å². The molecule has 1 aromatic carbocycles. The van der Waals surface area contributed by atoms with E-state index >= 15 is 0 Å². The number of rotatable bonds is 7. The zero-order chi connectivity index (χ0) is 13.5. The lowest BCUT2D eigenvalue weighted by Gasteiger charge is -2.11. The van der Waals surface area contributed by atoms with E-state index in [9.17, 15) is 4.39 Å². The summed E-state index contributed by atoms with van der Waals surface area (Å²) >= 11 is 0. The van der Waals surface area contributed by atoms with E-state index in [0.29, 0.717) is 31.4 Å². The summed E-state index contributed by atoms with van der Waals surface area (Å²) in [6, 6.07) is 5.03. The van der Waals surface area contributed by atoms with Gasteiger partial charge in [0.05, 0.1) is 12.7 Å². The molecule has 1 unspecified atom stereocenters. The van der Waals surface area contributed by atoms with Crippen molar-refractivity contribution in [2.24, 2.45) is 0 Å². The van der Waals surface area contributed by atoms with Crippen LogP contribution in [0.25, 0.3) is 0 Å². The molecule has 0 radical (unpaired) electrons. The minimum absolute atomic E-state index is 0.301. The normalized spacial score (nSPS) is 12.8. The fraction of sp³-hybridized carbons (Fsp3) is 0.571. The van der Waals surface area contributed by atoms with Gasteiger partial charge in [0.1, 0.15) is 11.6 Å². The van der Waals surface area contributed by atoms with Gasteiger partial charge in [0.15, 0.2) is 0 Å². The smallest absolute Gasteiger partial charge is 0.127 e. The maximum Gasteiger partial charge on any atom is 0.127 e. The Morgan fingerprint density at radius 3 is 2.61 bits per heavy atom. The molecule has 0 aliphatic heterocycles. The summed E-state index contributed by atoms with van der Waals surface area (Å²) in [7, 11) is 0. The molecule has 0 spiro atoms. The van der Waals surface area contributed by atoms with Crippen LogP contribution < -0.4 is 10.1 Å². The van der Waals surface area contributed by atoms with Crippen molar-refractivity contribution in [1.29, 1.82) is 0 Å². The Kier molecular flexibility index (Phi) is 6.09. The van der Waals surface area contributed by atoms with Gasteiger partial charge < -0.3 is 15.2 Å². The van der Waals surface area contributed by atoms with E-state index in [1.807, 2.05) is 19.9 Å². The first-order valence-corrected chi connectivity index (χ1v) is 6.31. The molecule has 2 N–H and O–H groups in total. The van der Waals surface area contributed by atoms with Gasteiger partial charge in [-0.25, -0.2) is 4.39 Å². The average molecular weight is 255 g/mol. The third-order valence-corrected chi connectivity index (χ3v) is 2.45. The Balaban J connectivity index is 2.57. The number of ether oxygens (including phenoxy) is 1. The molecule has 0 aliphatic carbocycles. The number of aliphatic hydroxyl groups is 1. The molecule has 4 heteroatoms. The van der Waals surface area contributed by atoms with E-state index in [4.69, 9.17) is 9.84 Å². The molecule has 0 heterocycles. The fourth-order valence-electron chi connectivity index (χ4n) is 1.48. The first-order chi connectivity index (χ1) is 8.47. The van der Waals surface area contributed by atoms with E-state index in [0.717, 1.165) is 5.56 Å². The summed E-state index contributed by atoms with van der Waals surface area (Å²) in [5.41, 5.74) is 0.857. The van der Waals surface area contributed by atoms with Crippen molar-refractivity contribution in [2.75, 3.05) is 6.61 Å². The lowest BCUT2D eigenvalue weighted by Crippen LogP contribution is -2.21. The predicted molar refractivity (Wildman–Crippen MR) is 70.2 cm³/mol. The van der Waals surface area contributed by atoms with E-state index in [-0.39, 0.29) is 5.82 Å². The fourth-order valence-corrected chi connectivity index (χ4v) is 1.48. The molecule has 0 saturated carbocycles. The summed E-state index contributed by atoms with van der Waals surface area (Å²) in [5.74, 6) is 0.210.